The van der Waals surface area contributed by atoms with E-state index in [1.807, 2.05) is 48.7 Å². The summed E-state index contributed by atoms with van der Waals surface area (Å²) >= 11 is 0. The van der Waals surface area contributed by atoms with Crippen LogP contribution in [-0.4, -0.2) is 11.3 Å². The molecule has 1 aromatic heterocycles. The summed E-state index contributed by atoms with van der Waals surface area (Å²) in [5, 5.41) is 1.05. The van der Waals surface area contributed by atoms with Crippen LogP contribution in [0.25, 0.3) is 10.9 Å². The number of benzene rings is 2. The lowest BCUT2D eigenvalue weighted by Crippen LogP contribution is -1.99. The number of aromatic amines is 1. The summed E-state index contributed by atoms with van der Waals surface area (Å²) in [6.07, 6.45) is 2.74. The molecule has 0 saturated carbocycles. The first kappa shape index (κ1) is 11.5. The van der Waals surface area contributed by atoms with Crippen LogP contribution in [-0.2, 0) is 6.61 Å². The van der Waals surface area contributed by atoms with Gasteiger partial charge in [-0.2, -0.15) is 0 Å². The van der Waals surface area contributed by atoms with Gasteiger partial charge in [0.15, 0.2) is 0 Å². The third-order valence-electron chi connectivity index (χ3n) is 3.12. The maximum atomic E-state index is 10.9. The topological polar surface area (TPSA) is 42.1 Å². The summed E-state index contributed by atoms with van der Waals surface area (Å²) in [6, 6.07) is 15.3. The Hall–Kier alpha value is -2.55. The summed E-state index contributed by atoms with van der Waals surface area (Å²) in [5.41, 5.74) is 2.61. The van der Waals surface area contributed by atoms with Gasteiger partial charge in [-0.15, -0.1) is 0 Å². The maximum Gasteiger partial charge on any atom is 0.150 e. The van der Waals surface area contributed by atoms with Gasteiger partial charge in [0, 0.05) is 22.7 Å². The summed E-state index contributed by atoms with van der Waals surface area (Å²) in [6.45, 7) is 0.388. The van der Waals surface area contributed by atoms with Crippen LogP contribution in [0.1, 0.15) is 15.9 Å². The Morgan fingerprint density at radius 2 is 1.95 bits per heavy atom. The molecule has 0 atom stereocenters. The van der Waals surface area contributed by atoms with E-state index in [9.17, 15) is 4.79 Å². The van der Waals surface area contributed by atoms with Crippen molar-refractivity contribution in [1.82, 2.24) is 4.98 Å². The molecule has 0 aliphatic heterocycles. The lowest BCUT2D eigenvalue weighted by Gasteiger charge is -2.09. The molecule has 0 saturated heterocycles. The molecule has 19 heavy (non-hydrogen) atoms. The van der Waals surface area contributed by atoms with E-state index in [1.165, 1.54) is 0 Å². The Bertz CT molecular complexity index is 715. The van der Waals surface area contributed by atoms with Crippen LogP contribution in [0.5, 0.6) is 5.75 Å². The van der Waals surface area contributed by atoms with E-state index < -0.39 is 0 Å². The number of hydrogen-bond donors (Lipinski definition) is 1. The first-order chi connectivity index (χ1) is 9.38. The van der Waals surface area contributed by atoms with Gasteiger partial charge in [-0.25, -0.2) is 0 Å². The molecule has 3 nitrogen and oxygen atoms in total. The number of hydrogen-bond acceptors (Lipinski definition) is 2. The third kappa shape index (κ3) is 2.22. The lowest BCUT2D eigenvalue weighted by atomic mass is 10.1. The van der Waals surface area contributed by atoms with E-state index in [1.54, 1.807) is 6.07 Å². The standard InChI is InChI=1S/C16H13NO2/c18-10-12-4-1-2-5-13(12)11-19-16-7-3-6-15-14(16)8-9-17-15/h1-10,17H,11H2. The fraction of sp³-hybridized carbons (Fsp3) is 0.0625. The normalized spacial score (nSPS) is 10.5. The molecule has 0 fully saturated rings. The fourth-order valence-corrected chi connectivity index (χ4v) is 2.12. The molecule has 0 aliphatic rings. The van der Waals surface area contributed by atoms with Crippen molar-refractivity contribution in [3.63, 3.8) is 0 Å². The quantitative estimate of drug-likeness (QED) is 0.720. The van der Waals surface area contributed by atoms with Gasteiger partial charge < -0.3 is 9.72 Å². The summed E-state index contributed by atoms with van der Waals surface area (Å²) in [5.74, 6) is 0.819. The minimum atomic E-state index is 0.388. The fourth-order valence-electron chi connectivity index (χ4n) is 2.12. The molecule has 0 amide bonds. The largest absolute Gasteiger partial charge is 0.488 e. The van der Waals surface area contributed by atoms with E-state index in [-0.39, 0.29) is 0 Å². The minimum Gasteiger partial charge on any atom is -0.488 e. The van der Waals surface area contributed by atoms with Crippen molar-refractivity contribution in [2.75, 3.05) is 0 Å². The van der Waals surface area contributed by atoms with E-state index >= 15 is 0 Å². The van der Waals surface area contributed by atoms with E-state index in [2.05, 4.69) is 4.98 Å². The van der Waals surface area contributed by atoms with Crippen LogP contribution >= 0.6 is 0 Å². The van der Waals surface area contributed by atoms with Crippen LogP contribution in [0.3, 0.4) is 0 Å². The number of carbonyl (C=O) groups excluding carboxylic acids is 1. The molecule has 0 aliphatic carbocycles. The first-order valence-corrected chi connectivity index (χ1v) is 6.10. The van der Waals surface area contributed by atoms with Crippen LogP contribution in [0.4, 0.5) is 0 Å². The highest BCUT2D eigenvalue weighted by Crippen LogP contribution is 2.25. The first-order valence-electron chi connectivity index (χ1n) is 6.10. The number of nitrogens with one attached hydrogen (secondary N) is 1. The average molecular weight is 251 g/mol. The van der Waals surface area contributed by atoms with Gasteiger partial charge in [0.1, 0.15) is 18.6 Å². The average Bonchev–Trinajstić information content (AvgIpc) is 2.94. The van der Waals surface area contributed by atoms with Gasteiger partial charge in [0.05, 0.1) is 0 Å². The molecular weight excluding hydrogens is 238 g/mol. The predicted molar refractivity (Wildman–Crippen MR) is 74.5 cm³/mol. The second kappa shape index (κ2) is 4.98. The molecule has 1 N–H and O–H groups in total. The van der Waals surface area contributed by atoms with Crippen LogP contribution in [0.2, 0.25) is 0 Å². The van der Waals surface area contributed by atoms with Gasteiger partial charge in [-0.1, -0.05) is 30.3 Å². The van der Waals surface area contributed by atoms with Gasteiger partial charge >= 0.3 is 0 Å². The van der Waals surface area contributed by atoms with Crippen molar-refractivity contribution in [3.05, 3.63) is 65.9 Å². The Morgan fingerprint density at radius 3 is 2.84 bits per heavy atom. The van der Waals surface area contributed by atoms with Gasteiger partial charge in [-0.3, -0.25) is 4.79 Å². The maximum absolute atomic E-state index is 10.9. The smallest absolute Gasteiger partial charge is 0.150 e. The molecule has 0 bridgehead atoms. The molecule has 3 heteroatoms. The van der Waals surface area contributed by atoms with Gasteiger partial charge in [-0.05, 0) is 23.8 Å². The summed E-state index contributed by atoms with van der Waals surface area (Å²) in [7, 11) is 0. The Labute approximate surface area is 110 Å². The number of fused-ring (bicyclic) bond motifs is 1. The molecule has 2 aromatic carbocycles. The minimum absolute atomic E-state index is 0.388. The van der Waals surface area contributed by atoms with E-state index in [4.69, 9.17) is 4.74 Å². The number of carbonyl (C=O) groups is 1. The molecule has 3 rings (SSSR count). The third-order valence-corrected chi connectivity index (χ3v) is 3.12. The number of H-pyrrole nitrogens is 1. The zero-order chi connectivity index (χ0) is 13.1. The highest BCUT2D eigenvalue weighted by molar-refractivity contribution is 5.85. The van der Waals surface area contributed by atoms with E-state index in [0.717, 1.165) is 28.5 Å². The van der Waals surface area contributed by atoms with Gasteiger partial charge in [0.2, 0.25) is 0 Å². The van der Waals surface area contributed by atoms with Crippen molar-refractivity contribution in [2.45, 2.75) is 6.61 Å². The van der Waals surface area contributed by atoms with Crippen molar-refractivity contribution < 1.29 is 9.53 Å². The number of aldehydes is 1. The molecule has 94 valence electrons. The summed E-state index contributed by atoms with van der Waals surface area (Å²) in [4.78, 5) is 14.1. The second-order valence-electron chi connectivity index (χ2n) is 4.30. The molecule has 0 unspecified atom stereocenters. The SMILES string of the molecule is O=Cc1ccccc1COc1cccc2[nH]ccc12. The molecular formula is C16H13NO2. The number of rotatable bonds is 4. The zero-order valence-corrected chi connectivity index (χ0v) is 10.3. The van der Waals surface area contributed by atoms with Crippen LogP contribution in [0, 0.1) is 0 Å². The van der Waals surface area contributed by atoms with Crippen LogP contribution in [0.15, 0.2) is 54.7 Å². The Kier molecular flexibility index (Phi) is 3.02. The van der Waals surface area contributed by atoms with Crippen LogP contribution < -0.4 is 4.74 Å². The number of ether oxygens (including phenoxy) is 1. The predicted octanol–water partition coefficient (Wildman–Crippen LogP) is 3.56. The molecule has 0 spiro atoms. The highest BCUT2D eigenvalue weighted by Gasteiger charge is 2.05. The Balaban J connectivity index is 1.86. The Morgan fingerprint density at radius 1 is 1.05 bits per heavy atom. The summed E-state index contributed by atoms with van der Waals surface area (Å²) < 4.78 is 5.83. The lowest BCUT2D eigenvalue weighted by molar-refractivity contribution is 0.112. The van der Waals surface area contributed by atoms with E-state index in [0.29, 0.717) is 12.2 Å². The van der Waals surface area contributed by atoms with Crippen molar-refractivity contribution in [1.29, 1.82) is 0 Å². The van der Waals surface area contributed by atoms with Gasteiger partial charge in [0.25, 0.3) is 0 Å². The second-order valence-corrected chi connectivity index (χ2v) is 4.30. The zero-order valence-electron chi connectivity index (χ0n) is 10.3. The van der Waals surface area contributed by atoms with Crippen molar-refractivity contribution in [3.8, 4) is 5.75 Å². The molecule has 1 heterocycles. The molecule has 0 radical (unpaired) electrons. The van der Waals surface area contributed by atoms with Crippen molar-refractivity contribution >= 4 is 17.2 Å². The molecule has 3 aromatic rings. The highest BCUT2D eigenvalue weighted by atomic mass is 16.5. The number of aromatic nitrogens is 1. The monoisotopic (exact) mass is 251 g/mol. The van der Waals surface area contributed by atoms with Crippen molar-refractivity contribution in [2.24, 2.45) is 0 Å².